The van der Waals surface area contributed by atoms with E-state index in [4.69, 9.17) is 4.74 Å². The number of hydrogen-bond acceptors (Lipinski definition) is 4. The summed E-state index contributed by atoms with van der Waals surface area (Å²) in [7, 11) is 1.54. The lowest BCUT2D eigenvalue weighted by molar-refractivity contribution is -0.144. The fourth-order valence-corrected chi connectivity index (χ4v) is 1.07. The Labute approximate surface area is 93.4 Å². The second kappa shape index (κ2) is 5.75. The van der Waals surface area contributed by atoms with Gasteiger partial charge in [0.25, 0.3) is 5.91 Å². The summed E-state index contributed by atoms with van der Waals surface area (Å²) in [6.07, 6.45) is 0. The topological polar surface area (TPSA) is 64.6 Å². The number of hydrogen-bond donors (Lipinski definition) is 1. The third kappa shape index (κ3) is 4.00. The molecule has 0 aliphatic carbocycles. The van der Waals surface area contributed by atoms with Crippen LogP contribution in [0.25, 0.3) is 0 Å². The SMILES string of the molecule is COc1cccc(NC(=O)COC(C)=O)c1. The summed E-state index contributed by atoms with van der Waals surface area (Å²) in [5, 5.41) is 2.58. The molecule has 5 nitrogen and oxygen atoms in total. The van der Waals surface area contributed by atoms with Gasteiger partial charge in [0.2, 0.25) is 0 Å². The lowest BCUT2D eigenvalue weighted by atomic mass is 10.3. The number of methoxy groups -OCH3 is 1. The van der Waals surface area contributed by atoms with Gasteiger partial charge >= 0.3 is 5.97 Å². The zero-order chi connectivity index (χ0) is 12.0. The molecule has 0 aromatic heterocycles. The summed E-state index contributed by atoms with van der Waals surface area (Å²) in [5.74, 6) is -0.227. The van der Waals surface area contributed by atoms with Crippen LogP contribution in [0, 0.1) is 0 Å². The number of nitrogens with one attached hydrogen (secondary N) is 1. The second-order valence-electron chi connectivity index (χ2n) is 3.06. The molecule has 1 rings (SSSR count). The summed E-state index contributed by atoms with van der Waals surface area (Å²) in [5.41, 5.74) is 0.594. The Bertz CT molecular complexity index is 389. The fourth-order valence-electron chi connectivity index (χ4n) is 1.07. The highest BCUT2D eigenvalue weighted by Crippen LogP contribution is 2.16. The van der Waals surface area contributed by atoms with Gasteiger partial charge in [-0.25, -0.2) is 0 Å². The van der Waals surface area contributed by atoms with Gasteiger partial charge in [0.15, 0.2) is 6.61 Å². The molecule has 1 aromatic carbocycles. The molecular formula is C11H13NO4. The number of rotatable bonds is 4. The molecule has 0 aliphatic heterocycles. The summed E-state index contributed by atoms with van der Waals surface area (Å²) in [6, 6.07) is 6.90. The van der Waals surface area contributed by atoms with E-state index in [1.165, 1.54) is 6.92 Å². The predicted molar refractivity (Wildman–Crippen MR) is 58.3 cm³/mol. The molecule has 0 aliphatic rings. The van der Waals surface area contributed by atoms with Crippen molar-refractivity contribution in [2.24, 2.45) is 0 Å². The molecule has 16 heavy (non-hydrogen) atoms. The van der Waals surface area contributed by atoms with E-state index in [1.807, 2.05) is 0 Å². The number of carbonyl (C=O) groups excluding carboxylic acids is 2. The smallest absolute Gasteiger partial charge is 0.303 e. The minimum atomic E-state index is -0.485. The summed E-state index contributed by atoms with van der Waals surface area (Å²) >= 11 is 0. The molecule has 0 atom stereocenters. The molecule has 5 heteroatoms. The Balaban J connectivity index is 2.52. The van der Waals surface area contributed by atoms with Crippen LogP contribution < -0.4 is 10.1 Å². The zero-order valence-electron chi connectivity index (χ0n) is 9.15. The monoisotopic (exact) mass is 223 g/mol. The average Bonchev–Trinajstić information content (AvgIpc) is 2.26. The quantitative estimate of drug-likeness (QED) is 0.779. The molecular weight excluding hydrogens is 210 g/mol. The van der Waals surface area contributed by atoms with Crippen molar-refractivity contribution in [3.8, 4) is 5.75 Å². The van der Waals surface area contributed by atoms with E-state index in [9.17, 15) is 9.59 Å². The first-order chi connectivity index (χ1) is 7.61. The first-order valence-electron chi connectivity index (χ1n) is 4.69. The van der Waals surface area contributed by atoms with Gasteiger partial charge in [0.05, 0.1) is 7.11 Å². The van der Waals surface area contributed by atoms with Gasteiger partial charge in [0.1, 0.15) is 5.75 Å². The first kappa shape index (κ1) is 12.0. The number of ether oxygens (including phenoxy) is 2. The molecule has 86 valence electrons. The van der Waals surface area contributed by atoms with Crippen molar-refractivity contribution < 1.29 is 19.1 Å². The van der Waals surface area contributed by atoms with Crippen molar-refractivity contribution in [1.82, 2.24) is 0 Å². The van der Waals surface area contributed by atoms with Crippen LogP contribution in [0.15, 0.2) is 24.3 Å². The van der Waals surface area contributed by atoms with Crippen LogP contribution in [0.3, 0.4) is 0 Å². The highest BCUT2D eigenvalue weighted by atomic mass is 16.5. The highest BCUT2D eigenvalue weighted by Gasteiger charge is 2.04. The normalized spacial score (nSPS) is 9.38. The Morgan fingerprint density at radius 2 is 2.12 bits per heavy atom. The molecule has 0 saturated heterocycles. The molecule has 0 radical (unpaired) electrons. The van der Waals surface area contributed by atoms with Crippen molar-refractivity contribution in [3.05, 3.63) is 24.3 Å². The van der Waals surface area contributed by atoms with E-state index in [1.54, 1.807) is 31.4 Å². The fraction of sp³-hybridized carbons (Fsp3) is 0.273. The van der Waals surface area contributed by atoms with Crippen LogP contribution in [-0.2, 0) is 14.3 Å². The molecule has 0 bridgehead atoms. The number of anilines is 1. The average molecular weight is 223 g/mol. The molecule has 1 aromatic rings. The standard InChI is InChI=1S/C11H13NO4/c1-8(13)16-7-11(14)12-9-4-3-5-10(6-9)15-2/h3-6H,7H2,1-2H3,(H,12,14). The van der Waals surface area contributed by atoms with Gasteiger partial charge in [-0.15, -0.1) is 0 Å². The third-order valence-electron chi connectivity index (χ3n) is 1.76. The van der Waals surface area contributed by atoms with Gasteiger partial charge in [-0.3, -0.25) is 9.59 Å². The van der Waals surface area contributed by atoms with Crippen molar-refractivity contribution in [3.63, 3.8) is 0 Å². The minimum Gasteiger partial charge on any atom is -0.497 e. The second-order valence-corrected chi connectivity index (χ2v) is 3.06. The van der Waals surface area contributed by atoms with Crippen molar-refractivity contribution in [1.29, 1.82) is 0 Å². The maximum atomic E-state index is 11.3. The molecule has 0 saturated carbocycles. The summed E-state index contributed by atoms with van der Waals surface area (Å²) < 4.78 is 9.55. The Morgan fingerprint density at radius 3 is 2.75 bits per heavy atom. The summed E-state index contributed by atoms with van der Waals surface area (Å²) in [6.45, 7) is 0.964. The van der Waals surface area contributed by atoms with Crippen molar-refractivity contribution >= 4 is 17.6 Å². The number of esters is 1. The van der Waals surface area contributed by atoms with Gasteiger partial charge in [0, 0.05) is 18.7 Å². The van der Waals surface area contributed by atoms with E-state index in [2.05, 4.69) is 10.1 Å². The van der Waals surface area contributed by atoms with E-state index >= 15 is 0 Å². The van der Waals surface area contributed by atoms with E-state index < -0.39 is 5.97 Å². The molecule has 0 spiro atoms. The molecule has 0 fully saturated rings. The number of amides is 1. The lowest BCUT2D eigenvalue weighted by Crippen LogP contribution is -2.19. The molecule has 1 N–H and O–H groups in total. The zero-order valence-corrected chi connectivity index (χ0v) is 9.15. The molecule has 0 unspecified atom stereocenters. The largest absolute Gasteiger partial charge is 0.497 e. The Kier molecular flexibility index (Phi) is 4.32. The van der Waals surface area contributed by atoms with Crippen LogP contribution >= 0.6 is 0 Å². The third-order valence-corrected chi connectivity index (χ3v) is 1.76. The maximum Gasteiger partial charge on any atom is 0.303 e. The van der Waals surface area contributed by atoms with Gasteiger partial charge < -0.3 is 14.8 Å². The van der Waals surface area contributed by atoms with Crippen LogP contribution in [0.2, 0.25) is 0 Å². The predicted octanol–water partition coefficient (Wildman–Crippen LogP) is 1.20. The van der Waals surface area contributed by atoms with Crippen LogP contribution in [0.4, 0.5) is 5.69 Å². The highest BCUT2D eigenvalue weighted by molar-refractivity contribution is 5.92. The first-order valence-corrected chi connectivity index (χ1v) is 4.69. The lowest BCUT2D eigenvalue weighted by Gasteiger charge is -2.06. The number of benzene rings is 1. The van der Waals surface area contributed by atoms with Gasteiger partial charge in [-0.1, -0.05) is 6.07 Å². The van der Waals surface area contributed by atoms with Crippen LogP contribution in [0.1, 0.15) is 6.92 Å². The minimum absolute atomic E-state index is 0.285. The number of carbonyl (C=O) groups is 2. The molecule has 1 amide bonds. The van der Waals surface area contributed by atoms with Crippen LogP contribution in [0.5, 0.6) is 5.75 Å². The Hall–Kier alpha value is -2.04. The maximum absolute atomic E-state index is 11.3. The van der Waals surface area contributed by atoms with Crippen LogP contribution in [-0.4, -0.2) is 25.6 Å². The molecule has 0 heterocycles. The van der Waals surface area contributed by atoms with Gasteiger partial charge in [-0.2, -0.15) is 0 Å². The van der Waals surface area contributed by atoms with E-state index in [-0.39, 0.29) is 12.5 Å². The summed E-state index contributed by atoms with van der Waals surface area (Å²) in [4.78, 5) is 21.8. The van der Waals surface area contributed by atoms with E-state index in [0.29, 0.717) is 11.4 Å². The Morgan fingerprint density at radius 1 is 1.38 bits per heavy atom. The van der Waals surface area contributed by atoms with Crippen molar-refractivity contribution in [2.45, 2.75) is 6.92 Å². The van der Waals surface area contributed by atoms with Gasteiger partial charge in [-0.05, 0) is 12.1 Å². The van der Waals surface area contributed by atoms with E-state index in [0.717, 1.165) is 0 Å². The van der Waals surface area contributed by atoms with Crippen molar-refractivity contribution in [2.75, 3.05) is 19.0 Å².